The smallest absolute Gasteiger partial charge is 0.142 e. The van der Waals surface area contributed by atoms with Crippen molar-refractivity contribution in [2.24, 2.45) is 17.8 Å². The fourth-order valence-corrected chi connectivity index (χ4v) is 5.14. The van der Waals surface area contributed by atoms with Gasteiger partial charge in [0.1, 0.15) is 11.8 Å². The number of rotatable bonds is 2. The molecule has 1 aromatic heterocycles. The number of nitrogens with zero attached hydrogens (tertiary/aromatic N) is 2. The first-order valence-corrected chi connectivity index (χ1v) is 7.39. The molecule has 4 aliphatic carbocycles. The number of anilines is 1. The first kappa shape index (κ1) is 11.3. The second kappa shape index (κ2) is 3.96. The highest BCUT2D eigenvalue weighted by Gasteiger charge is 2.50. The van der Waals surface area contributed by atoms with Gasteiger partial charge in [0, 0.05) is 17.4 Å². The van der Waals surface area contributed by atoms with Gasteiger partial charge in [-0.15, -0.1) is 0 Å². The molecule has 3 heteroatoms. The summed E-state index contributed by atoms with van der Waals surface area (Å²) in [4.78, 5) is 4.05. The molecule has 5 rings (SSSR count). The van der Waals surface area contributed by atoms with E-state index in [9.17, 15) is 0 Å². The van der Waals surface area contributed by atoms with Crippen LogP contribution in [-0.2, 0) is 0 Å². The largest absolute Gasteiger partial charge is 0.379 e. The van der Waals surface area contributed by atoms with Gasteiger partial charge in [0.2, 0.25) is 0 Å². The lowest BCUT2D eigenvalue weighted by Crippen LogP contribution is -2.54. The quantitative estimate of drug-likeness (QED) is 0.879. The molecule has 0 aromatic carbocycles. The molecule has 1 heterocycles. The Balaban J connectivity index is 1.60. The van der Waals surface area contributed by atoms with Gasteiger partial charge in [-0.25, -0.2) is 4.98 Å². The third kappa shape index (κ3) is 1.90. The minimum atomic E-state index is 0.308. The summed E-state index contributed by atoms with van der Waals surface area (Å²) in [5.74, 6) is 2.82. The Kier molecular flexibility index (Phi) is 2.35. The highest BCUT2D eigenvalue weighted by molar-refractivity contribution is 5.48. The first-order valence-electron chi connectivity index (χ1n) is 7.39. The maximum atomic E-state index is 8.95. The summed E-state index contributed by atoms with van der Waals surface area (Å²) in [5, 5.41) is 12.7. The molecule has 0 spiro atoms. The Labute approximate surface area is 114 Å². The Morgan fingerprint density at radius 1 is 1.16 bits per heavy atom. The van der Waals surface area contributed by atoms with Crippen LogP contribution >= 0.6 is 0 Å². The van der Waals surface area contributed by atoms with Crippen molar-refractivity contribution in [3.8, 4) is 6.07 Å². The average molecular weight is 253 g/mol. The van der Waals surface area contributed by atoms with E-state index in [4.69, 9.17) is 5.26 Å². The Hall–Kier alpha value is -1.56. The van der Waals surface area contributed by atoms with Gasteiger partial charge >= 0.3 is 0 Å². The third-order valence-corrected chi connectivity index (χ3v) is 5.32. The van der Waals surface area contributed by atoms with Gasteiger partial charge in [-0.05, 0) is 68.4 Å². The van der Waals surface area contributed by atoms with Crippen molar-refractivity contribution in [1.82, 2.24) is 4.98 Å². The summed E-state index contributed by atoms with van der Waals surface area (Å²) in [7, 11) is 0. The SMILES string of the molecule is N#Cc1cc(NC23CC4CC(CC(C4)C2)C3)ccn1. The predicted molar refractivity (Wildman–Crippen MR) is 73.5 cm³/mol. The lowest BCUT2D eigenvalue weighted by atomic mass is 9.53. The van der Waals surface area contributed by atoms with Crippen molar-refractivity contribution in [2.75, 3.05) is 5.32 Å². The van der Waals surface area contributed by atoms with Gasteiger partial charge in [-0.1, -0.05) is 0 Å². The van der Waals surface area contributed by atoms with Gasteiger partial charge in [-0.2, -0.15) is 5.26 Å². The molecule has 0 atom stereocenters. The van der Waals surface area contributed by atoms with Crippen LogP contribution in [0.5, 0.6) is 0 Å². The zero-order chi connectivity index (χ0) is 12.9. The molecule has 0 aliphatic heterocycles. The molecule has 4 aliphatic rings. The van der Waals surface area contributed by atoms with E-state index in [-0.39, 0.29) is 0 Å². The molecule has 4 bridgehead atoms. The first-order chi connectivity index (χ1) is 9.25. The lowest BCUT2D eigenvalue weighted by molar-refractivity contribution is 0.0107. The fourth-order valence-electron chi connectivity index (χ4n) is 5.14. The van der Waals surface area contributed by atoms with Crippen LogP contribution in [0.4, 0.5) is 5.69 Å². The zero-order valence-corrected chi connectivity index (χ0v) is 11.1. The van der Waals surface area contributed by atoms with Crippen molar-refractivity contribution in [3.63, 3.8) is 0 Å². The number of hydrogen-bond acceptors (Lipinski definition) is 3. The van der Waals surface area contributed by atoms with Crippen LogP contribution in [0.25, 0.3) is 0 Å². The Morgan fingerprint density at radius 3 is 2.37 bits per heavy atom. The summed E-state index contributed by atoms with van der Waals surface area (Å²) >= 11 is 0. The van der Waals surface area contributed by atoms with E-state index in [1.807, 2.05) is 12.1 Å². The number of hydrogen-bond donors (Lipinski definition) is 1. The highest BCUT2D eigenvalue weighted by Crippen LogP contribution is 2.56. The second-order valence-electron chi connectivity index (χ2n) is 6.86. The lowest BCUT2D eigenvalue weighted by Gasteiger charge is -2.57. The molecular formula is C16H19N3. The fraction of sp³-hybridized carbons (Fsp3) is 0.625. The zero-order valence-electron chi connectivity index (χ0n) is 11.1. The summed E-state index contributed by atoms with van der Waals surface area (Å²) in [5.41, 5.74) is 1.89. The topological polar surface area (TPSA) is 48.7 Å². The van der Waals surface area contributed by atoms with Crippen molar-refractivity contribution in [2.45, 2.75) is 44.1 Å². The average Bonchev–Trinajstić information content (AvgIpc) is 2.36. The molecule has 98 valence electrons. The van der Waals surface area contributed by atoms with Crippen LogP contribution in [0.1, 0.15) is 44.2 Å². The van der Waals surface area contributed by atoms with Crippen LogP contribution in [0, 0.1) is 29.1 Å². The van der Waals surface area contributed by atoms with Gasteiger partial charge in [0.05, 0.1) is 0 Å². The van der Waals surface area contributed by atoms with Gasteiger partial charge in [-0.3, -0.25) is 0 Å². The van der Waals surface area contributed by atoms with Crippen molar-refractivity contribution >= 4 is 5.69 Å². The summed E-state index contributed by atoms with van der Waals surface area (Å²) in [6, 6.07) is 6.01. The van der Waals surface area contributed by atoms with Crippen LogP contribution < -0.4 is 5.32 Å². The second-order valence-corrected chi connectivity index (χ2v) is 6.86. The summed E-state index contributed by atoms with van der Waals surface area (Å²) < 4.78 is 0. The minimum absolute atomic E-state index is 0.308. The molecule has 1 aromatic rings. The third-order valence-electron chi connectivity index (χ3n) is 5.32. The monoisotopic (exact) mass is 253 g/mol. The molecule has 1 N–H and O–H groups in total. The molecule has 4 saturated carbocycles. The normalized spacial score (nSPS) is 39.0. The standard InChI is InChI=1S/C16H19N3/c17-10-15-6-14(1-2-18-15)19-16-7-11-3-12(8-16)5-13(4-11)9-16/h1-2,6,11-13H,3-5,7-9H2,(H,18,19). The molecule has 0 radical (unpaired) electrons. The van der Waals surface area contributed by atoms with Crippen LogP contribution in [0.15, 0.2) is 18.3 Å². The van der Waals surface area contributed by atoms with Gasteiger partial charge in [0.15, 0.2) is 0 Å². The molecule has 0 amide bonds. The van der Waals surface area contributed by atoms with Crippen LogP contribution in [0.3, 0.4) is 0 Å². The van der Waals surface area contributed by atoms with E-state index in [2.05, 4.69) is 16.4 Å². The number of aromatic nitrogens is 1. The van der Waals surface area contributed by atoms with E-state index in [0.717, 1.165) is 23.4 Å². The molecular weight excluding hydrogens is 234 g/mol. The summed E-state index contributed by atoms with van der Waals surface area (Å²) in [6.07, 6.45) is 10.1. The van der Waals surface area contributed by atoms with Crippen molar-refractivity contribution in [3.05, 3.63) is 24.0 Å². The molecule has 19 heavy (non-hydrogen) atoms. The van der Waals surface area contributed by atoms with Crippen LogP contribution in [0.2, 0.25) is 0 Å². The Morgan fingerprint density at radius 2 is 1.79 bits per heavy atom. The molecule has 3 nitrogen and oxygen atoms in total. The predicted octanol–water partition coefficient (Wildman–Crippen LogP) is 3.33. The number of pyridine rings is 1. The Bertz CT molecular complexity index is 508. The van der Waals surface area contributed by atoms with Gasteiger partial charge in [0.25, 0.3) is 0 Å². The van der Waals surface area contributed by atoms with Crippen molar-refractivity contribution in [1.29, 1.82) is 5.26 Å². The maximum absolute atomic E-state index is 8.95. The van der Waals surface area contributed by atoms with E-state index < -0.39 is 0 Å². The van der Waals surface area contributed by atoms with Gasteiger partial charge < -0.3 is 5.32 Å². The molecule has 0 saturated heterocycles. The van der Waals surface area contributed by atoms with Crippen LogP contribution in [-0.4, -0.2) is 10.5 Å². The van der Waals surface area contributed by atoms with E-state index >= 15 is 0 Å². The van der Waals surface area contributed by atoms with E-state index in [1.54, 1.807) is 6.20 Å². The maximum Gasteiger partial charge on any atom is 0.142 e. The van der Waals surface area contributed by atoms with Crippen molar-refractivity contribution < 1.29 is 0 Å². The molecule has 4 fully saturated rings. The number of nitrogens with one attached hydrogen (secondary N) is 1. The van der Waals surface area contributed by atoms with E-state index in [0.29, 0.717) is 11.2 Å². The van der Waals surface area contributed by atoms with E-state index in [1.165, 1.54) is 38.5 Å². The number of nitriles is 1. The molecule has 0 unspecified atom stereocenters. The minimum Gasteiger partial charge on any atom is -0.379 e. The summed E-state index contributed by atoms with van der Waals surface area (Å²) in [6.45, 7) is 0. The highest BCUT2D eigenvalue weighted by atomic mass is 15.0.